The zero-order valence-electron chi connectivity index (χ0n) is 13.4. The first-order chi connectivity index (χ1) is 11.2. The summed E-state index contributed by atoms with van der Waals surface area (Å²) in [5.41, 5.74) is 10.2. The number of benzene rings is 2. The van der Waals surface area contributed by atoms with Crippen molar-refractivity contribution in [2.45, 2.75) is 13.5 Å². The number of nitrogens with two attached hydrogens (primary N) is 1. The Labute approximate surface area is 158 Å². The number of aliphatic imine (C=N–C) groups is 1. The maximum absolute atomic E-state index is 5.95. The highest BCUT2D eigenvalue weighted by molar-refractivity contribution is 14.0. The van der Waals surface area contributed by atoms with Gasteiger partial charge in [-0.15, -0.1) is 24.0 Å². The van der Waals surface area contributed by atoms with Crippen LogP contribution in [0.15, 0.2) is 72.0 Å². The lowest BCUT2D eigenvalue weighted by atomic mass is 10.2. The Balaban J connectivity index is 0.00000208. The molecule has 0 aliphatic carbocycles. The van der Waals surface area contributed by atoms with Crippen LogP contribution in [0.3, 0.4) is 0 Å². The van der Waals surface area contributed by atoms with E-state index in [1.165, 1.54) is 5.56 Å². The van der Waals surface area contributed by atoms with Crippen molar-refractivity contribution in [3.63, 3.8) is 0 Å². The molecule has 0 unspecified atom stereocenters. The molecule has 0 amide bonds. The fourth-order valence-electron chi connectivity index (χ4n) is 2.22. The number of guanidine groups is 1. The van der Waals surface area contributed by atoms with Crippen molar-refractivity contribution < 1.29 is 0 Å². The third kappa shape index (κ3) is 4.82. The minimum atomic E-state index is 0. The van der Waals surface area contributed by atoms with Crippen LogP contribution in [0.2, 0.25) is 0 Å². The lowest BCUT2D eigenvalue weighted by Gasteiger charge is -2.07. The van der Waals surface area contributed by atoms with Gasteiger partial charge < -0.3 is 11.1 Å². The second-order valence-electron chi connectivity index (χ2n) is 5.31. The fraction of sp³-hybridized carbons (Fsp3) is 0.111. The average Bonchev–Trinajstić information content (AvgIpc) is 3.10. The third-order valence-corrected chi connectivity index (χ3v) is 3.44. The van der Waals surface area contributed by atoms with Crippen LogP contribution in [-0.2, 0) is 6.54 Å². The molecule has 3 rings (SSSR count). The molecule has 0 aliphatic rings. The highest BCUT2D eigenvalue weighted by Gasteiger charge is 1.99. The number of rotatable bonds is 4. The first-order valence-corrected chi connectivity index (χ1v) is 7.43. The largest absolute Gasteiger partial charge is 0.370 e. The third-order valence-electron chi connectivity index (χ3n) is 3.44. The van der Waals surface area contributed by atoms with E-state index in [1.54, 1.807) is 6.20 Å². The molecule has 0 saturated heterocycles. The summed E-state index contributed by atoms with van der Waals surface area (Å²) in [6, 6.07) is 18.0. The molecule has 1 aromatic heterocycles. The number of aryl methyl sites for hydroxylation is 1. The summed E-state index contributed by atoms with van der Waals surface area (Å²) in [5.74, 6) is 0.401. The second kappa shape index (κ2) is 8.49. The minimum absolute atomic E-state index is 0. The van der Waals surface area contributed by atoms with E-state index < -0.39 is 0 Å². The van der Waals surface area contributed by atoms with Crippen LogP contribution in [-0.4, -0.2) is 15.7 Å². The molecule has 2 aromatic carbocycles. The first-order valence-electron chi connectivity index (χ1n) is 7.43. The predicted octanol–water partition coefficient (Wildman–Crippen LogP) is 3.73. The summed E-state index contributed by atoms with van der Waals surface area (Å²) in [6.45, 7) is 2.56. The standard InChI is InChI=1S/C18H19N5.HI/c1-14-6-8-16(9-7-14)22-18(19)20-13-15-4-2-5-17(12-15)23-11-3-10-21-23;/h2-12H,13H2,1H3,(H3,19,20,22);1H. The zero-order valence-corrected chi connectivity index (χ0v) is 15.7. The van der Waals surface area contributed by atoms with E-state index in [2.05, 4.69) is 21.5 Å². The monoisotopic (exact) mass is 433 g/mol. The molecular formula is C18H20IN5. The number of hydrogen-bond donors (Lipinski definition) is 2. The summed E-state index contributed by atoms with van der Waals surface area (Å²) >= 11 is 0. The van der Waals surface area contributed by atoms with Gasteiger partial charge in [-0.1, -0.05) is 29.8 Å². The zero-order chi connectivity index (χ0) is 16.1. The van der Waals surface area contributed by atoms with Crippen LogP contribution < -0.4 is 11.1 Å². The van der Waals surface area contributed by atoms with Gasteiger partial charge in [0.1, 0.15) is 0 Å². The lowest BCUT2D eigenvalue weighted by Crippen LogP contribution is -2.22. The molecule has 0 fully saturated rings. The average molecular weight is 433 g/mol. The van der Waals surface area contributed by atoms with Crippen LogP contribution in [0.1, 0.15) is 11.1 Å². The molecule has 3 N–H and O–H groups in total. The molecule has 24 heavy (non-hydrogen) atoms. The molecular weight excluding hydrogens is 413 g/mol. The number of nitrogens with zero attached hydrogens (tertiary/aromatic N) is 3. The van der Waals surface area contributed by atoms with E-state index in [0.717, 1.165) is 16.9 Å². The van der Waals surface area contributed by atoms with Crippen LogP contribution in [0.4, 0.5) is 5.69 Å². The summed E-state index contributed by atoms with van der Waals surface area (Å²) in [4.78, 5) is 4.39. The molecule has 0 bridgehead atoms. The Morgan fingerprint density at radius 3 is 2.67 bits per heavy atom. The predicted molar refractivity (Wildman–Crippen MR) is 109 cm³/mol. The Hall–Kier alpha value is -2.35. The van der Waals surface area contributed by atoms with Gasteiger partial charge in [0.25, 0.3) is 0 Å². The van der Waals surface area contributed by atoms with Crippen molar-refractivity contribution >= 4 is 35.6 Å². The van der Waals surface area contributed by atoms with E-state index in [0.29, 0.717) is 12.5 Å². The van der Waals surface area contributed by atoms with Gasteiger partial charge in [0.05, 0.1) is 12.2 Å². The molecule has 0 spiro atoms. The maximum Gasteiger partial charge on any atom is 0.193 e. The topological polar surface area (TPSA) is 68.2 Å². The van der Waals surface area contributed by atoms with Gasteiger partial charge in [-0.3, -0.25) is 0 Å². The summed E-state index contributed by atoms with van der Waals surface area (Å²) in [7, 11) is 0. The Kier molecular flexibility index (Phi) is 6.36. The van der Waals surface area contributed by atoms with Gasteiger partial charge >= 0.3 is 0 Å². The number of anilines is 1. The Bertz CT molecular complexity index is 795. The number of nitrogens with one attached hydrogen (secondary N) is 1. The highest BCUT2D eigenvalue weighted by Crippen LogP contribution is 2.11. The first kappa shape index (κ1) is 18.0. The van der Waals surface area contributed by atoms with E-state index in [4.69, 9.17) is 5.73 Å². The van der Waals surface area contributed by atoms with Crippen LogP contribution in [0, 0.1) is 6.92 Å². The van der Waals surface area contributed by atoms with Gasteiger partial charge in [0.2, 0.25) is 0 Å². The normalized spacial score (nSPS) is 11.0. The molecule has 5 nitrogen and oxygen atoms in total. The highest BCUT2D eigenvalue weighted by atomic mass is 127. The molecule has 0 saturated carbocycles. The van der Waals surface area contributed by atoms with Crippen LogP contribution in [0.25, 0.3) is 5.69 Å². The SMILES string of the molecule is Cc1ccc(NC(N)=NCc2cccc(-n3cccn3)c2)cc1.I. The van der Waals surface area contributed by atoms with Gasteiger partial charge in [-0.05, 0) is 42.8 Å². The number of aromatic nitrogens is 2. The van der Waals surface area contributed by atoms with Crippen molar-refractivity contribution in [1.82, 2.24) is 9.78 Å². The lowest BCUT2D eigenvalue weighted by molar-refractivity contribution is 0.876. The van der Waals surface area contributed by atoms with Crippen molar-refractivity contribution in [2.75, 3.05) is 5.32 Å². The minimum Gasteiger partial charge on any atom is -0.370 e. The fourth-order valence-corrected chi connectivity index (χ4v) is 2.22. The molecule has 124 valence electrons. The maximum atomic E-state index is 5.95. The van der Waals surface area contributed by atoms with E-state index in [1.807, 2.05) is 66.3 Å². The smallest absolute Gasteiger partial charge is 0.193 e. The second-order valence-corrected chi connectivity index (χ2v) is 5.31. The number of hydrogen-bond acceptors (Lipinski definition) is 2. The van der Waals surface area contributed by atoms with Crippen LogP contribution >= 0.6 is 24.0 Å². The van der Waals surface area contributed by atoms with E-state index >= 15 is 0 Å². The quantitative estimate of drug-likeness (QED) is 0.375. The molecule has 6 heteroatoms. The Morgan fingerprint density at radius 2 is 1.96 bits per heavy atom. The molecule has 3 aromatic rings. The van der Waals surface area contributed by atoms with Gasteiger partial charge in [-0.25, -0.2) is 9.67 Å². The number of halogens is 1. The van der Waals surface area contributed by atoms with Crippen molar-refractivity contribution in [2.24, 2.45) is 10.7 Å². The molecule has 1 heterocycles. The molecule has 0 radical (unpaired) electrons. The van der Waals surface area contributed by atoms with Crippen molar-refractivity contribution in [3.8, 4) is 5.69 Å². The van der Waals surface area contributed by atoms with Crippen molar-refractivity contribution in [3.05, 3.63) is 78.1 Å². The Morgan fingerprint density at radius 1 is 1.17 bits per heavy atom. The molecule has 0 aliphatic heterocycles. The van der Waals surface area contributed by atoms with E-state index in [9.17, 15) is 0 Å². The summed E-state index contributed by atoms with van der Waals surface area (Å²) in [6.07, 6.45) is 3.67. The summed E-state index contributed by atoms with van der Waals surface area (Å²) < 4.78 is 1.82. The molecule has 0 atom stereocenters. The van der Waals surface area contributed by atoms with Gasteiger partial charge in [0, 0.05) is 18.1 Å². The summed E-state index contributed by atoms with van der Waals surface area (Å²) in [5, 5.41) is 7.32. The van der Waals surface area contributed by atoms with Gasteiger partial charge in [-0.2, -0.15) is 5.10 Å². The van der Waals surface area contributed by atoms with Crippen LogP contribution in [0.5, 0.6) is 0 Å². The van der Waals surface area contributed by atoms with Crippen molar-refractivity contribution in [1.29, 1.82) is 0 Å². The van der Waals surface area contributed by atoms with E-state index in [-0.39, 0.29) is 24.0 Å². The van der Waals surface area contributed by atoms with Gasteiger partial charge in [0.15, 0.2) is 5.96 Å².